The molecule has 0 fully saturated rings. The second kappa shape index (κ2) is 7.30. The van der Waals surface area contributed by atoms with Gasteiger partial charge in [-0.2, -0.15) is 0 Å². The third kappa shape index (κ3) is 6.02. The van der Waals surface area contributed by atoms with Crippen LogP contribution in [0.2, 0.25) is 18.1 Å². The zero-order valence-corrected chi connectivity index (χ0v) is 16.0. The van der Waals surface area contributed by atoms with E-state index in [2.05, 4.69) is 74.1 Å². The van der Waals surface area contributed by atoms with Crippen molar-refractivity contribution in [3.63, 3.8) is 0 Å². The summed E-state index contributed by atoms with van der Waals surface area (Å²) >= 11 is 5.36. The molecule has 0 aromatic heterocycles. The van der Waals surface area contributed by atoms with E-state index in [-0.39, 0.29) is 0 Å². The Bertz CT molecular complexity index is 384. The maximum atomic E-state index is 6.17. The van der Waals surface area contributed by atoms with E-state index in [1.54, 1.807) is 0 Å². The Hall–Kier alpha value is 0.227. The zero-order valence-electron chi connectivity index (χ0n) is 12.6. The predicted octanol–water partition coefficient (Wildman–Crippen LogP) is 5.95. The van der Waals surface area contributed by atoms with E-state index in [0.717, 1.165) is 23.3 Å². The summed E-state index contributed by atoms with van der Waals surface area (Å²) in [5.74, 6) is 1.12. The Morgan fingerprint density at radius 3 is 2.26 bits per heavy atom. The predicted molar refractivity (Wildman–Crippen MR) is 92.6 cm³/mol. The maximum Gasteiger partial charge on any atom is 0.191 e. The molecule has 0 aliphatic carbocycles. The summed E-state index contributed by atoms with van der Waals surface area (Å²) in [6, 6.07) is 8.50. The molecule has 0 bridgehead atoms. The molecule has 0 aliphatic heterocycles. The van der Waals surface area contributed by atoms with Crippen LogP contribution in [-0.2, 0) is 4.43 Å². The molecular weight excluding hydrogens is 336 g/mol. The van der Waals surface area contributed by atoms with Gasteiger partial charge in [0.05, 0.1) is 0 Å². The monoisotopic (exact) mass is 360 g/mol. The van der Waals surface area contributed by atoms with Crippen molar-refractivity contribution in [2.75, 3.05) is 12.4 Å². The Balaban J connectivity index is 2.23. The van der Waals surface area contributed by atoms with Gasteiger partial charge >= 0.3 is 0 Å². The minimum absolute atomic E-state index is 0.311. The highest BCUT2D eigenvalue weighted by Crippen LogP contribution is 2.36. The van der Waals surface area contributed by atoms with Gasteiger partial charge in [-0.1, -0.05) is 36.7 Å². The standard InChI is InChI=1S/C15H25BrOSSi/c1-15(2,3)19(4,5)17-11-6-12-18-14-9-7-13(16)8-10-14/h7-10H,6,11-12H2,1-5H3. The lowest BCUT2D eigenvalue weighted by Gasteiger charge is -2.36. The largest absolute Gasteiger partial charge is 0.417 e. The third-order valence-corrected chi connectivity index (χ3v) is 9.81. The highest BCUT2D eigenvalue weighted by atomic mass is 79.9. The van der Waals surface area contributed by atoms with Gasteiger partial charge in [0.25, 0.3) is 0 Å². The summed E-state index contributed by atoms with van der Waals surface area (Å²) in [6.07, 6.45) is 1.12. The molecule has 0 unspecified atom stereocenters. The summed E-state index contributed by atoms with van der Waals surface area (Å²) in [7, 11) is -1.56. The van der Waals surface area contributed by atoms with Crippen molar-refractivity contribution in [1.29, 1.82) is 0 Å². The fourth-order valence-corrected chi connectivity index (χ4v) is 3.50. The highest BCUT2D eigenvalue weighted by Gasteiger charge is 2.36. The van der Waals surface area contributed by atoms with Crippen LogP contribution in [0.3, 0.4) is 0 Å². The first-order valence-electron chi connectivity index (χ1n) is 6.75. The summed E-state index contributed by atoms with van der Waals surface area (Å²) in [6.45, 7) is 12.4. The van der Waals surface area contributed by atoms with Crippen LogP contribution in [0.15, 0.2) is 33.6 Å². The molecule has 0 N–H and O–H groups in total. The fraction of sp³-hybridized carbons (Fsp3) is 0.600. The molecule has 0 heterocycles. The van der Waals surface area contributed by atoms with Gasteiger partial charge < -0.3 is 4.43 Å². The number of hydrogen-bond acceptors (Lipinski definition) is 2. The van der Waals surface area contributed by atoms with E-state index in [1.807, 2.05) is 11.8 Å². The lowest BCUT2D eigenvalue weighted by molar-refractivity contribution is 0.289. The molecule has 108 valence electrons. The summed E-state index contributed by atoms with van der Waals surface area (Å²) < 4.78 is 7.31. The van der Waals surface area contributed by atoms with Crippen molar-refractivity contribution in [3.8, 4) is 0 Å². The van der Waals surface area contributed by atoms with Crippen LogP contribution in [0.25, 0.3) is 0 Å². The number of rotatable bonds is 6. The average molecular weight is 361 g/mol. The van der Waals surface area contributed by atoms with Gasteiger partial charge in [-0.25, -0.2) is 0 Å². The smallest absolute Gasteiger partial charge is 0.191 e. The minimum Gasteiger partial charge on any atom is -0.417 e. The first-order chi connectivity index (χ1) is 8.72. The van der Waals surface area contributed by atoms with Gasteiger partial charge in [0.15, 0.2) is 8.32 Å². The van der Waals surface area contributed by atoms with Crippen LogP contribution in [0, 0.1) is 0 Å². The zero-order chi connectivity index (χ0) is 14.5. The molecule has 0 atom stereocenters. The van der Waals surface area contributed by atoms with Crippen molar-refractivity contribution in [2.45, 2.75) is 50.2 Å². The second-order valence-corrected chi connectivity index (χ2v) is 13.2. The normalized spacial score (nSPS) is 12.7. The van der Waals surface area contributed by atoms with E-state index in [0.29, 0.717) is 5.04 Å². The van der Waals surface area contributed by atoms with Crippen molar-refractivity contribution in [3.05, 3.63) is 28.7 Å². The van der Waals surface area contributed by atoms with Crippen molar-refractivity contribution in [2.24, 2.45) is 0 Å². The third-order valence-electron chi connectivity index (χ3n) is 3.64. The van der Waals surface area contributed by atoms with Crippen LogP contribution < -0.4 is 0 Å². The number of halogens is 1. The Morgan fingerprint density at radius 1 is 1.16 bits per heavy atom. The van der Waals surface area contributed by atoms with Gasteiger partial charge in [0.2, 0.25) is 0 Å². The molecule has 0 saturated carbocycles. The van der Waals surface area contributed by atoms with E-state index >= 15 is 0 Å². The number of hydrogen-bond donors (Lipinski definition) is 0. The molecule has 0 spiro atoms. The number of benzene rings is 1. The molecule has 0 saturated heterocycles. The van der Waals surface area contributed by atoms with Crippen LogP contribution in [-0.4, -0.2) is 20.7 Å². The second-order valence-electron chi connectivity index (χ2n) is 6.26. The minimum atomic E-state index is -1.56. The average Bonchev–Trinajstić information content (AvgIpc) is 2.29. The summed E-state index contributed by atoms with van der Waals surface area (Å²) in [4.78, 5) is 1.33. The van der Waals surface area contributed by atoms with Crippen LogP contribution in [0.5, 0.6) is 0 Å². The molecule has 1 aromatic carbocycles. The first-order valence-corrected chi connectivity index (χ1v) is 11.4. The quantitative estimate of drug-likeness (QED) is 0.352. The van der Waals surface area contributed by atoms with Gasteiger partial charge in [0, 0.05) is 21.7 Å². The topological polar surface area (TPSA) is 9.23 Å². The molecule has 1 rings (SSSR count). The van der Waals surface area contributed by atoms with Gasteiger partial charge in [-0.15, -0.1) is 11.8 Å². The molecule has 0 radical (unpaired) electrons. The van der Waals surface area contributed by atoms with Crippen LogP contribution in [0.4, 0.5) is 0 Å². The first kappa shape index (κ1) is 17.3. The maximum absolute atomic E-state index is 6.17. The SMILES string of the molecule is CC(C)(C)[Si](C)(C)OCCCSc1ccc(Br)cc1. The Kier molecular flexibility index (Phi) is 6.64. The number of thioether (sulfide) groups is 1. The van der Waals surface area contributed by atoms with E-state index in [9.17, 15) is 0 Å². The van der Waals surface area contributed by atoms with Crippen molar-refractivity contribution in [1.82, 2.24) is 0 Å². The lowest BCUT2D eigenvalue weighted by atomic mass is 10.2. The van der Waals surface area contributed by atoms with E-state index < -0.39 is 8.32 Å². The molecular formula is C15H25BrOSSi. The molecule has 4 heteroatoms. The van der Waals surface area contributed by atoms with Gasteiger partial charge in [-0.3, -0.25) is 0 Å². The van der Waals surface area contributed by atoms with Crippen LogP contribution in [0.1, 0.15) is 27.2 Å². The molecule has 19 heavy (non-hydrogen) atoms. The van der Waals surface area contributed by atoms with Gasteiger partial charge in [0.1, 0.15) is 0 Å². The van der Waals surface area contributed by atoms with Crippen molar-refractivity contribution < 1.29 is 4.43 Å². The molecule has 1 aromatic rings. The fourth-order valence-electron chi connectivity index (χ4n) is 1.32. The van der Waals surface area contributed by atoms with E-state index in [1.165, 1.54) is 4.90 Å². The van der Waals surface area contributed by atoms with Crippen LogP contribution >= 0.6 is 27.7 Å². The van der Waals surface area contributed by atoms with E-state index in [4.69, 9.17) is 4.43 Å². The van der Waals surface area contributed by atoms with Gasteiger partial charge in [-0.05, 0) is 48.8 Å². The van der Waals surface area contributed by atoms with Crippen molar-refractivity contribution >= 4 is 36.0 Å². The lowest BCUT2D eigenvalue weighted by Crippen LogP contribution is -2.41. The summed E-state index contributed by atoms with van der Waals surface area (Å²) in [5.41, 5.74) is 0. The molecule has 1 nitrogen and oxygen atoms in total. The molecule has 0 aliphatic rings. The Labute approximate surface area is 131 Å². The molecule has 0 amide bonds. The Morgan fingerprint density at radius 2 is 1.74 bits per heavy atom. The highest BCUT2D eigenvalue weighted by molar-refractivity contribution is 9.10. The summed E-state index contributed by atoms with van der Waals surface area (Å²) in [5, 5.41) is 0.311.